The number of nitrogens with one attached hydrogen (secondary N) is 2. The molecule has 2 fully saturated rings. The number of carboxylic acids is 1. The number of amides is 7. The third-order valence-electron chi connectivity index (χ3n) is 14.6. The van der Waals surface area contributed by atoms with Crippen LogP contribution in [0.25, 0.3) is 0 Å². The Morgan fingerprint density at radius 1 is 0.889 bits per heavy atom. The number of thioether (sulfide) groups is 1. The van der Waals surface area contributed by atoms with Crippen LogP contribution >= 0.6 is 11.8 Å². The maximum Gasteiger partial charge on any atom is 0.307 e. The molecule has 0 spiro atoms. The van der Waals surface area contributed by atoms with Gasteiger partial charge in [0.05, 0.1) is 48.4 Å². The van der Waals surface area contributed by atoms with E-state index in [1.807, 2.05) is 58.0 Å². The van der Waals surface area contributed by atoms with Crippen molar-refractivity contribution in [2.45, 2.75) is 161 Å². The van der Waals surface area contributed by atoms with Gasteiger partial charge in [-0.25, -0.2) is 0 Å². The van der Waals surface area contributed by atoms with Crippen LogP contribution in [-0.2, 0) is 59.0 Å². The Labute approximate surface area is 431 Å². The fourth-order valence-corrected chi connectivity index (χ4v) is 10.8. The Balaban J connectivity index is 1.66. The van der Waals surface area contributed by atoms with E-state index in [-0.39, 0.29) is 91.1 Å². The average Bonchev–Trinajstić information content (AvgIpc) is 3.94. The fraction of sp³-hybridized carbons (Fsp3) is 0.717. The normalized spacial score (nSPS) is 19.3. The highest BCUT2D eigenvalue weighted by molar-refractivity contribution is 8.00. The van der Waals surface area contributed by atoms with Crippen molar-refractivity contribution in [2.75, 3.05) is 54.2 Å². The number of benzene rings is 1. The topological polar surface area (TPSA) is 229 Å². The van der Waals surface area contributed by atoms with Gasteiger partial charge in [-0.2, -0.15) is 11.8 Å². The predicted molar refractivity (Wildman–Crippen MR) is 275 cm³/mol. The zero-order valence-corrected chi connectivity index (χ0v) is 45.7. The molecule has 2 unspecified atom stereocenters. The zero-order chi connectivity index (χ0) is 54.0. The van der Waals surface area contributed by atoms with E-state index in [4.69, 9.17) is 9.47 Å². The number of imide groups is 1. The first kappa shape index (κ1) is 61.4. The van der Waals surface area contributed by atoms with Crippen LogP contribution < -0.4 is 10.6 Å². The number of unbranched alkanes of at least 4 members (excludes halogenated alkanes) is 2. The van der Waals surface area contributed by atoms with Crippen LogP contribution in [0.3, 0.4) is 0 Å². The summed E-state index contributed by atoms with van der Waals surface area (Å²) < 4.78 is 12.0. The molecule has 0 aromatic heterocycles. The molecule has 2 aliphatic heterocycles. The molecule has 2 saturated heterocycles. The van der Waals surface area contributed by atoms with Crippen molar-refractivity contribution in [3.8, 4) is 0 Å². The number of rotatable bonds is 31. The van der Waals surface area contributed by atoms with Crippen molar-refractivity contribution in [2.24, 2.45) is 29.6 Å². The van der Waals surface area contributed by atoms with Crippen LogP contribution in [0.15, 0.2) is 30.3 Å². The van der Waals surface area contributed by atoms with Gasteiger partial charge in [-0.05, 0) is 61.7 Å². The van der Waals surface area contributed by atoms with Gasteiger partial charge < -0.3 is 39.9 Å². The SMILES string of the molecule is CC[C@H](C)C([C@@H](CC(=O)N1CCC[C@H]1[C@H](OC)[C@@H](C)C(=O)C[C@@H](Cc1ccccc1)C(=O)O)OC)N(C)C(=O)[C@@H](NC(=O)[C@H](C(C)C)N(C)C(=O)CNC(=O)CCCCCN1C(=O)CC(SC)C1=O)C(C)C. The van der Waals surface area contributed by atoms with E-state index in [0.717, 1.165) is 5.56 Å². The third-order valence-corrected chi connectivity index (χ3v) is 15.6. The molecule has 19 heteroatoms. The summed E-state index contributed by atoms with van der Waals surface area (Å²) >= 11 is 1.36. The molecule has 2 heterocycles. The lowest BCUT2D eigenvalue weighted by molar-refractivity contribution is -0.149. The second kappa shape index (κ2) is 29.7. The number of methoxy groups -OCH3 is 2. The molecule has 3 N–H and O–H groups in total. The summed E-state index contributed by atoms with van der Waals surface area (Å²) in [6, 6.07) is 6.11. The molecule has 0 saturated carbocycles. The van der Waals surface area contributed by atoms with Gasteiger partial charge in [0.1, 0.15) is 17.9 Å². The van der Waals surface area contributed by atoms with E-state index in [9.17, 15) is 48.3 Å². The van der Waals surface area contributed by atoms with Crippen LogP contribution in [0.4, 0.5) is 0 Å². The molecular formula is C53H84N6O12S. The lowest BCUT2D eigenvalue weighted by Crippen LogP contribution is -2.60. The van der Waals surface area contributed by atoms with Gasteiger partial charge in [-0.3, -0.25) is 48.1 Å². The highest BCUT2D eigenvalue weighted by Crippen LogP contribution is 2.31. The molecule has 0 bridgehead atoms. The first-order valence-electron chi connectivity index (χ1n) is 25.7. The van der Waals surface area contributed by atoms with Gasteiger partial charge in [0.15, 0.2) is 0 Å². The second-order valence-corrected chi connectivity index (χ2v) is 21.3. The zero-order valence-electron chi connectivity index (χ0n) is 44.8. The average molecular weight is 1030 g/mol. The second-order valence-electron chi connectivity index (χ2n) is 20.3. The Bertz CT molecular complexity index is 2010. The summed E-state index contributed by atoms with van der Waals surface area (Å²) in [5.74, 6) is -6.22. The summed E-state index contributed by atoms with van der Waals surface area (Å²) in [6.45, 7) is 13.3. The molecule has 10 atom stereocenters. The van der Waals surface area contributed by atoms with Crippen molar-refractivity contribution < 1.29 is 57.7 Å². The number of carbonyl (C=O) groups excluding carboxylic acids is 8. The minimum Gasteiger partial charge on any atom is -0.481 e. The van der Waals surface area contributed by atoms with E-state index < -0.39 is 71.9 Å². The number of ketones is 1. The summed E-state index contributed by atoms with van der Waals surface area (Å²) in [4.78, 5) is 126. The van der Waals surface area contributed by atoms with Crippen molar-refractivity contribution in [1.82, 2.24) is 30.2 Å². The fourth-order valence-electron chi connectivity index (χ4n) is 10.2. The number of hydrogen-bond acceptors (Lipinski definition) is 12. The number of carboxylic acid groups (broad SMARTS) is 1. The van der Waals surface area contributed by atoms with E-state index in [1.165, 1.54) is 42.8 Å². The highest BCUT2D eigenvalue weighted by Gasteiger charge is 2.44. The number of nitrogens with zero attached hydrogens (tertiary/aromatic N) is 4. The monoisotopic (exact) mass is 1030 g/mol. The number of Topliss-reactive ketones (excluding diaryl/α,β-unsaturated/α-hetero) is 1. The van der Waals surface area contributed by atoms with E-state index in [0.29, 0.717) is 51.6 Å². The van der Waals surface area contributed by atoms with Gasteiger partial charge in [0.25, 0.3) is 0 Å². The Morgan fingerprint density at radius 2 is 1.56 bits per heavy atom. The van der Waals surface area contributed by atoms with Crippen molar-refractivity contribution >= 4 is 64.9 Å². The Morgan fingerprint density at radius 3 is 2.11 bits per heavy atom. The Kier molecular flexibility index (Phi) is 25.4. The quantitative estimate of drug-likeness (QED) is 0.0684. The lowest BCUT2D eigenvalue weighted by atomic mass is 9.85. The summed E-state index contributed by atoms with van der Waals surface area (Å²) in [5.41, 5.74) is 0.818. The number of likely N-dealkylation sites (tertiary alicyclic amines) is 2. The number of carbonyl (C=O) groups is 9. The van der Waals surface area contributed by atoms with Gasteiger partial charge in [0, 0.05) is 66.6 Å². The summed E-state index contributed by atoms with van der Waals surface area (Å²) in [6.07, 6.45) is 4.20. The third kappa shape index (κ3) is 16.8. The van der Waals surface area contributed by atoms with Crippen LogP contribution in [0.2, 0.25) is 0 Å². The van der Waals surface area contributed by atoms with Gasteiger partial charge in [-0.15, -0.1) is 0 Å². The van der Waals surface area contributed by atoms with Crippen molar-refractivity contribution in [3.05, 3.63) is 35.9 Å². The number of ether oxygens (including phenoxy) is 2. The highest BCUT2D eigenvalue weighted by atomic mass is 32.2. The van der Waals surface area contributed by atoms with E-state index in [1.54, 1.807) is 43.9 Å². The predicted octanol–water partition coefficient (Wildman–Crippen LogP) is 4.60. The molecule has 2 aliphatic rings. The number of likely N-dealkylation sites (N-methyl/N-ethyl adjacent to an activating group) is 2. The number of hydrogen-bond donors (Lipinski definition) is 3. The van der Waals surface area contributed by atoms with E-state index in [2.05, 4.69) is 10.6 Å². The maximum atomic E-state index is 14.6. The standard InChI is InChI=1S/C53H84N6O12S/c1-13-34(6)48(40(70-10)29-43(62)58-26-20-23-38(58)49(71-11)35(7)39(60)28-37(53(68)69)27-36-21-16-14-17-22-36)57(9)52(67)46(32(2)3)55-50(65)47(33(4)5)56(8)45(64)31-54-42(61)24-18-15-19-25-59-44(63)30-41(72-12)51(59)66/h14,16-17,21-22,32-35,37-38,40-41,46-49H,13,15,18-20,23-31H2,1-12H3,(H,54,61)(H,55,65)(H,68,69)/t34-,35-,37+,38-,40+,41?,46-,47-,48?,49+/m0/s1. The Hall–Kier alpha value is -4.88. The molecule has 7 amide bonds. The molecule has 72 heavy (non-hydrogen) atoms. The largest absolute Gasteiger partial charge is 0.481 e. The minimum atomic E-state index is -1.06. The molecule has 404 valence electrons. The maximum absolute atomic E-state index is 14.6. The van der Waals surface area contributed by atoms with Crippen LogP contribution in [0.5, 0.6) is 0 Å². The summed E-state index contributed by atoms with van der Waals surface area (Å²) in [5, 5.41) is 15.2. The van der Waals surface area contributed by atoms with Crippen LogP contribution in [0.1, 0.15) is 118 Å². The summed E-state index contributed by atoms with van der Waals surface area (Å²) in [7, 11) is 6.12. The van der Waals surface area contributed by atoms with Crippen LogP contribution in [0, 0.1) is 29.6 Å². The van der Waals surface area contributed by atoms with Gasteiger partial charge in [0.2, 0.25) is 41.4 Å². The van der Waals surface area contributed by atoms with E-state index >= 15 is 0 Å². The number of aliphatic carboxylic acids is 1. The first-order chi connectivity index (χ1) is 34.0. The smallest absolute Gasteiger partial charge is 0.307 e. The molecular weight excluding hydrogens is 945 g/mol. The van der Waals surface area contributed by atoms with Gasteiger partial charge in [-0.1, -0.05) is 91.6 Å². The molecule has 0 radical (unpaired) electrons. The van der Waals surface area contributed by atoms with Crippen LogP contribution in [-0.4, -0.2) is 174 Å². The molecule has 3 rings (SSSR count). The molecule has 0 aliphatic carbocycles. The molecule has 1 aromatic rings. The minimum absolute atomic E-state index is 0.0873. The van der Waals surface area contributed by atoms with Crippen molar-refractivity contribution in [1.29, 1.82) is 0 Å². The molecule has 1 aromatic carbocycles. The molecule has 18 nitrogen and oxygen atoms in total. The van der Waals surface area contributed by atoms with Gasteiger partial charge >= 0.3 is 5.97 Å². The lowest BCUT2D eigenvalue weighted by Gasteiger charge is -2.41. The first-order valence-corrected chi connectivity index (χ1v) is 26.9. The van der Waals surface area contributed by atoms with Crippen molar-refractivity contribution in [3.63, 3.8) is 0 Å².